The summed E-state index contributed by atoms with van der Waals surface area (Å²) >= 11 is 0. The quantitative estimate of drug-likeness (QED) is 0.936. The highest BCUT2D eigenvalue weighted by atomic mass is 19.4. The fourth-order valence-electron chi connectivity index (χ4n) is 2.04. The van der Waals surface area contributed by atoms with Gasteiger partial charge in [0.2, 0.25) is 0 Å². The molecule has 0 spiro atoms. The number of aliphatic hydroxyl groups excluding tert-OH is 1. The van der Waals surface area contributed by atoms with Crippen molar-refractivity contribution >= 4 is 0 Å². The minimum Gasteiger partial charge on any atom is -0.390 e. The summed E-state index contributed by atoms with van der Waals surface area (Å²) in [6.45, 7) is 3.21. The van der Waals surface area contributed by atoms with Crippen molar-refractivity contribution in [2.45, 2.75) is 32.5 Å². The van der Waals surface area contributed by atoms with E-state index in [1.165, 1.54) is 23.2 Å². The van der Waals surface area contributed by atoms with E-state index in [-0.39, 0.29) is 18.1 Å². The Kier molecular flexibility index (Phi) is 3.85. The van der Waals surface area contributed by atoms with Crippen molar-refractivity contribution in [1.29, 1.82) is 0 Å². The van der Waals surface area contributed by atoms with Crippen molar-refractivity contribution in [2.75, 3.05) is 0 Å². The molecular formula is C14H15F3N2O. The van der Waals surface area contributed by atoms with Crippen LogP contribution in [0.15, 0.2) is 30.7 Å². The van der Waals surface area contributed by atoms with Crippen LogP contribution in [0.25, 0.3) is 5.69 Å². The predicted molar refractivity (Wildman–Crippen MR) is 68.6 cm³/mol. The number of aliphatic hydroxyl groups is 1. The zero-order chi connectivity index (χ0) is 14.9. The van der Waals surface area contributed by atoms with Gasteiger partial charge in [0.25, 0.3) is 0 Å². The van der Waals surface area contributed by atoms with E-state index in [2.05, 4.69) is 4.98 Å². The van der Waals surface area contributed by atoms with Gasteiger partial charge < -0.3 is 9.67 Å². The first kappa shape index (κ1) is 14.6. The van der Waals surface area contributed by atoms with Crippen molar-refractivity contribution in [2.24, 2.45) is 0 Å². The average molecular weight is 284 g/mol. The summed E-state index contributed by atoms with van der Waals surface area (Å²) in [5, 5.41) is 8.94. The van der Waals surface area contributed by atoms with Gasteiger partial charge in [0.1, 0.15) is 0 Å². The van der Waals surface area contributed by atoms with Crippen molar-refractivity contribution in [3.05, 3.63) is 47.5 Å². The van der Waals surface area contributed by atoms with Gasteiger partial charge in [0, 0.05) is 11.9 Å². The molecule has 0 aliphatic heterocycles. The molecule has 1 aromatic heterocycles. The fraction of sp³-hybridized carbons (Fsp3) is 0.357. The first-order valence-electron chi connectivity index (χ1n) is 6.18. The number of rotatable bonds is 3. The third-order valence-electron chi connectivity index (χ3n) is 3.06. The second-order valence-corrected chi connectivity index (χ2v) is 4.85. The normalized spacial score (nSPS) is 12.2. The van der Waals surface area contributed by atoms with Crippen molar-refractivity contribution < 1.29 is 18.3 Å². The summed E-state index contributed by atoms with van der Waals surface area (Å²) in [5.74, 6) is -0.212. The van der Waals surface area contributed by atoms with Gasteiger partial charge >= 0.3 is 6.18 Å². The Bertz CT molecular complexity index is 603. The summed E-state index contributed by atoms with van der Waals surface area (Å²) in [6, 6.07) is 4.22. The van der Waals surface area contributed by atoms with Gasteiger partial charge in [0.15, 0.2) is 0 Å². The lowest BCUT2D eigenvalue weighted by Crippen LogP contribution is -2.11. The second-order valence-electron chi connectivity index (χ2n) is 4.85. The van der Waals surface area contributed by atoms with Gasteiger partial charge in [0.05, 0.1) is 24.2 Å². The van der Waals surface area contributed by atoms with E-state index in [0.717, 1.165) is 6.07 Å². The van der Waals surface area contributed by atoms with E-state index >= 15 is 0 Å². The van der Waals surface area contributed by atoms with E-state index < -0.39 is 11.7 Å². The van der Waals surface area contributed by atoms with Crippen LogP contribution in [0.3, 0.4) is 0 Å². The maximum Gasteiger partial charge on any atom is 0.416 e. The van der Waals surface area contributed by atoms with Gasteiger partial charge in [-0.2, -0.15) is 13.2 Å². The smallest absolute Gasteiger partial charge is 0.390 e. The van der Waals surface area contributed by atoms with Crippen LogP contribution in [0.5, 0.6) is 0 Å². The minimum atomic E-state index is -4.39. The van der Waals surface area contributed by atoms with Gasteiger partial charge in [-0.25, -0.2) is 4.98 Å². The van der Waals surface area contributed by atoms with Crippen LogP contribution < -0.4 is 0 Å². The second kappa shape index (κ2) is 5.28. The van der Waals surface area contributed by atoms with E-state index in [9.17, 15) is 13.2 Å². The SMILES string of the molecule is CC(C)c1ccc(-n2cnc(CO)c2)cc1C(F)(F)F. The number of halogens is 3. The predicted octanol–water partition coefficient (Wildman–Crippen LogP) is 3.51. The number of hydrogen-bond acceptors (Lipinski definition) is 2. The molecule has 3 nitrogen and oxygen atoms in total. The molecule has 0 amide bonds. The topological polar surface area (TPSA) is 38.0 Å². The van der Waals surface area contributed by atoms with Gasteiger partial charge in [-0.15, -0.1) is 0 Å². The molecule has 0 aliphatic rings. The summed E-state index contributed by atoms with van der Waals surface area (Å²) in [4.78, 5) is 3.89. The maximum absolute atomic E-state index is 13.1. The molecule has 0 aliphatic carbocycles. The third kappa shape index (κ3) is 2.85. The van der Waals surface area contributed by atoms with E-state index in [1.807, 2.05) is 0 Å². The lowest BCUT2D eigenvalue weighted by molar-refractivity contribution is -0.138. The van der Waals surface area contributed by atoms with Crippen molar-refractivity contribution in [3.8, 4) is 5.69 Å². The maximum atomic E-state index is 13.1. The lowest BCUT2D eigenvalue weighted by Gasteiger charge is -2.17. The van der Waals surface area contributed by atoms with Crippen LogP contribution in [0.4, 0.5) is 13.2 Å². The summed E-state index contributed by atoms with van der Waals surface area (Å²) in [7, 11) is 0. The summed E-state index contributed by atoms with van der Waals surface area (Å²) in [5.41, 5.74) is 0.411. The number of alkyl halides is 3. The van der Waals surface area contributed by atoms with Crippen LogP contribution in [0.1, 0.15) is 36.6 Å². The molecule has 6 heteroatoms. The van der Waals surface area contributed by atoms with Crippen LogP contribution in [-0.4, -0.2) is 14.7 Å². The molecule has 20 heavy (non-hydrogen) atoms. The molecule has 0 unspecified atom stereocenters. The Balaban J connectivity index is 2.52. The average Bonchev–Trinajstić information content (AvgIpc) is 2.85. The number of nitrogens with zero attached hydrogens (tertiary/aromatic N) is 2. The van der Waals surface area contributed by atoms with Crippen LogP contribution >= 0.6 is 0 Å². The number of imidazole rings is 1. The molecular weight excluding hydrogens is 269 g/mol. The summed E-state index contributed by atoms with van der Waals surface area (Å²) < 4.78 is 40.8. The fourth-order valence-corrected chi connectivity index (χ4v) is 2.04. The molecule has 2 rings (SSSR count). The first-order valence-corrected chi connectivity index (χ1v) is 6.18. The Hall–Kier alpha value is -1.82. The molecule has 1 N–H and O–H groups in total. The van der Waals surface area contributed by atoms with Crippen LogP contribution in [0.2, 0.25) is 0 Å². The molecule has 1 heterocycles. The molecule has 1 aromatic carbocycles. The van der Waals surface area contributed by atoms with E-state index in [1.54, 1.807) is 19.9 Å². The Morgan fingerprint density at radius 1 is 1.30 bits per heavy atom. The molecule has 0 radical (unpaired) electrons. The number of aromatic nitrogens is 2. The zero-order valence-electron chi connectivity index (χ0n) is 11.1. The molecule has 108 valence electrons. The van der Waals surface area contributed by atoms with Crippen molar-refractivity contribution in [3.63, 3.8) is 0 Å². The Morgan fingerprint density at radius 3 is 2.50 bits per heavy atom. The molecule has 0 saturated heterocycles. The van der Waals surface area contributed by atoms with E-state index in [4.69, 9.17) is 5.11 Å². The lowest BCUT2D eigenvalue weighted by atomic mass is 9.96. The Labute approximate surface area is 114 Å². The largest absolute Gasteiger partial charge is 0.416 e. The minimum absolute atomic E-state index is 0.212. The molecule has 2 aromatic rings. The number of hydrogen-bond donors (Lipinski definition) is 1. The highest BCUT2D eigenvalue weighted by molar-refractivity contribution is 5.43. The van der Waals surface area contributed by atoms with Gasteiger partial charge in [-0.05, 0) is 23.6 Å². The first-order chi connectivity index (χ1) is 9.32. The van der Waals surface area contributed by atoms with Crippen LogP contribution in [0, 0.1) is 0 Å². The van der Waals surface area contributed by atoms with E-state index in [0.29, 0.717) is 11.4 Å². The highest BCUT2D eigenvalue weighted by Gasteiger charge is 2.34. The summed E-state index contributed by atoms with van der Waals surface area (Å²) in [6.07, 6.45) is -1.50. The van der Waals surface area contributed by atoms with Crippen LogP contribution in [-0.2, 0) is 12.8 Å². The standard InChI is InChI=1S/C14H15F3N2O/c1-9(2)12-4-3-11(5-13(12)14(15,16)17)19-6-10(7-20)18-8-19/h3-6,8-9,20H,7H2,1-2H3. The third-order valence-corrected chi connectivity index (χ3v) is 3.06. The molecule has 0 bridgehead atoms. The van der Waals surface area contributed by atoms with Gasteiger partial charge in [-0.3, -0.25) is 0 Å². The number of benzene rings is 1. The van der Waals surface area contributed by atoms with Gasteiger partial charge in [-0.1, -0.05) is 19.9 Å². The molecule has 0 fully saturated rings. The highest BCUT2D eigenvalue weighted by Crippen LogP contribution is 2.36. The monoisotopic (exact) mass is 284 g/mol. The zero-order valence-corrected chi connectivity index (χ0v) is 11.1. The van der Waals surface area contributed by atoms with Crippen molar-refractivity contribution in [1.82, 2.24) is 9.55 Å². The molecule has 0 atom stereocenters. The Morgan fingerprint density at radius 2 is 2.00 bits per heavy atom. The molecule has 0 saturated carbocycles.